The van der Waals surface area contributed by atoms with Gasteiger partial charge in [-0.05, 0) is 12.1 Å². The summed E-state index contributed by atoms with van der Waals surface area (Å²) in [6.45, 7) is 0. The minimum absolute atomic E-state index is 0.0836. The van der Waals surface area contributed by atoms with Crippen molar-refractivity contribution in [2.24, 2.45) is 7.05 Å². The largest absolute Gasteiger partial charge is 0.417 e. The normalized spacial score (nSPS) is 11.7. The molecule has 0 saturated heterocycles. The molecule has 0 bridgehead atoms. The number of ketones is 1. The summed E-state index contributed by atoms with van der Waals surface area (Å²) in [6, 6.07) is 2.61. The molecule has 0 spiro atoms. The lowest BCUT2D eigenvalue weighted by Gasteiger charge is -2.09. The molecule has 0 unspecified atom stereocenters. The maximum Gasteiger partial charge on any atom is 0.417 e. The van der Waals surface area contributed by atoms with Crippen molar-refractivity contribution in [1.82, 2.24) is 9.78 Å². The smallest absolute Gasteiger partial charge is 0.302 e. The lowest BCUT2D eigenvalue weighted by atomic mass is 10.0. The number of carbonyl (C=O) groups excluding carboxylic acids is 1. The number of nitrogens with zero attached hydrogens (tertiary/aromatic N) is 1. The fourth-order valence-electron chi connectivity index (χ4n) is 1.67. The van der Waals surface area contributed by atoms with Gasteiger partial charge in [0.15, 0.2) is 5.78 Å². The number of aryl methyl sites for hydroxylation is 1. The monoisotopic (exact) mass is 304 g/mol. The molecule has 0 aliphatic carbocycles. The van der Waals surface area contributed by atoms with E-state index in [4.69, 9.17) is 11.6 Å². The summed E-state index contributed by atoms with van der Waals surface area (Å²) < 4.78 is 38.7. The van der Waals surface area contributed by atoms with Crippen LogP contribution >= 0.6 is 11.6 Å². The van der Waals surface area contributed by atoms with Gasteiger partial charge in [-0.25, -0.2) is 0 Å². The maximum absolute atomic E-state index is 12.5. The van der Waals surface area contributed by atoms with Crippen molar-refractivity contribution in [1.29, 1.82) is 0 Å². The predicted molar refractivity (Wildman–Crippen MR) is 65.9 cm³/mol. The van der Waals surface area contributed by atoms with Gasteiger partial charge < -0.3 is 5.10 Å². The van der Waals surface area contributed by atoms with Crippen molar-refractivity contribution >= 4 is 17.4 Å². The van der Waals surface area contributed by atoms with Crippen LogP contribution < -0.4 is 5.56 Å². The highest BCUT2D eigenvalue weighted by Crippen LogP contribution is 2.35. The van der Waals surface area contributed by atoms with E-state index in [1.807, 2.05) is 0 Å². The summed E-state index contributed by atoms with van der Waals surface area (Å²) in [5.74, 6) is -0.692. The molecule has 2 aromatic rings. The van der Waals surface area contributed by atoms with Crippen molar-refractivity contribution in [3.05, 3.63) is 56.5 Å². The van der Waals surface area contributed by atoms with Crippen molar-refractivity contribution in [3.8, 4) is 0 Å². The summed E-state index contributed by atoms with van der Waals surface area (Å²) in [6.07, 6.45) is -3.40. The predicted octanol–water partition coefficient (Wildman–Crippen LogP) is 2.62. The number of benzene rings is 1. The van der Waals surface area contributed by atoms with Crippen LogP contribution in [0.3, 0.4) is 0 Å². The van der Waals surface area contributed by atoms with Gasteiger partial charge in [-0.2, -0.15) is 13.2 Å². The standard InChI is InChI=1S/C12H8ClF3N2O2/c1-18-11(20)7(5-17-18)10(19)6-2-3-8(9(13)4-6)12(14,15)16/h2-5,17H,1H3. The van der Waals surface area contributed by atoms with Crippen LogP contribution in [0.2, 0.25) is 5.02 Å². The summed E-state index contributed by atoms with van der Waals surface area (Å²) in [5.41, 5.74) is -1.84. The van der Waals surface area contributed by atoms with Gasteiger partial charge in [0.05, 0.1) is 10.6 Å². The number of hydrogen-bond donors (Lipinski definition) is 1. The van der Waals surface area contributed by atoms with Crippen LogP contribution in [-0.4, -0.2) is 15.6 Å². The van der Waals surface area contributed by atoms with Crippen molar-refractivity contribution in [3.63, 3.8) is 0 Å². The van der Waals surface area contributed by atoms with Gasteiger partial charge in [0.2, 0.25) is 0 Å². The average Bonchev–Trinajstić information content (AvgIpc) is 2.67. The van der Waals surface area contributed by atoms with Crippen LogP contribution in [0.1, 0.15) is 21.5 Å². The molecule has 0 fully saturated rings. The Morgan fingerprint density at radius 2 is 2.00 bits per heavy atom. The fourth-order valence-corrected chi connectivity index (χ4v) is 1.95. The fraction of sp³-hybridized carbons (Fsp3) is 0.167. The lowest BCUT2D eigenvalue weighted by Crippen LogP contribution is -2.19. The number of H-pyrrole nitrogens is 1. The third-order valence-corrected chi connectivity index (χ3v) is 3.03. The molecule has 1 aromatic carbocycles. The minimum Gasteiger partial charge on any atom is -0.302 e. The Balaban J connectivity index is 2.45. The Morgan fingerprint density at radius 3 is 2.45 bits per heavy atom. The van der Waals surface area contributed by atoms with E-state index >= 15 is 0 Å². The first-order valence-corrected chi connectivity index (χ1v) is 5.75. The van der Waals surface area contributed by atoms with Gasteiger partial charge >= 0.3 is 6.18 Å². The number of alkyl halides is 3. The molecule has 106 valence electrons. The zero-order valence-electron chi connectivity index (χ0n) is 10.1. The number of halogens is 4. The molecule has 1 aromatic heterocycles. The maximum atomic E-state index is 12.5. The Bertz CT molecular complexity index is 731. The lowest BCUT2D eigenvalue weighted by molar-refractivity contribution is -0.137. The van der Waals surface area contributed by atoms with Crippen LogP contribution in [0.5, 0.6) is 0 Å². The van der Waals surface area contributed by atoms with Crippen molar-refractivity contribution < 1.29 is 18.0 Å². The van der Waals surface area contributed by atoms with E-state index in [9.17, 15) is 22.8 Å². The van der Waals surface area contributed by atoms with Gasteiger partial charge in [-0.1, -0.05) is 17.7 Å². The SMILES string of the molecule is Cn1[nH]cc(C(=O)c2ccc(C(F)(F)F)c(Cl)c2)c1=O. The van der Waals surface area contributed by atoms with Crippen LogP contribution in [0, 0.1) is 0 Å². The minimum atomic E-state index is -4.59. The Morgan fingerprint density at radius 1 is 1.35 bits per heavy atom. The van der Waals surface area contributed by atoms with Crippen LogP contribution in [0.25, 0.3) is 0 Å². The topological polar surface area (TPSA) is 54.9 Å². The highest BCUT2D eigenvalue weighted by atomic mass is 35.5. The summed E-state index contributed by atoms with van der Waals surface area (Å²) in [4.78, 5) is 23.6. The molecule has 1 N–H and O–H groups in total. The summed E-state index contributed by atoms with van der Waals surface area (Å²) in [5, 5.41) is 1.92. The van der Waals surface area contributed by atoms with Gasteiger partial charge in [0, 0.05) is 18.8 Å². The number of aromatic nitrogens is 2. The van der Waals surface area contributed by atoms with Crippen molar-refractivity contribution in [2.45, 2.75) is 6.18 Å². The van der Waals surface area contributed by atoms with E-state index in [1.54, 1.807) is 0 Å². The van der Waals surface area contributed by atoms with Gasteiger partial charge in [-0.15, -0.1) is 0 Å². The first kappa shape index (κ1) is 14.4. The van der Waals surface area contributed by atoms with E-state index in [-0.39, 0.29) is 11.1 Å². The molecule has 0 amide bonds. The van der Waals surface area contributed by atoms with E-state index in [0.29, 0.717) is 6.07 Å². The molecular formula is C12H8ClF3N2O2. The number of hydrogen-bond acceptors (Lipinski definition) is 2. The first-order chi connectivity index (χ1) is 9.21. The molecular weight excluding hydrogens is 297 g/mol. The average molecular weight is 305 g/mol. The van der Waals surface area contributed by atoms with E-state index in [1.165, 1.54) is 13.2 Å². The summed E-state index contributed by atoms with van der Waals surface area (Å²) in [7, 11) is 1.42. The molecule has 0 atom stereocenters. The second-order valence-electron chi connectivity index (χ2n) is 4.07. The summed E-state index contributed by atoms with van der Waals surface area (Å²) >= 11 is 5.53. The second kappa shape index (κ2) is 4.82. The molecule has 4 nitrogen and oxygen atoms in total. The highest BCUT2D eigenvalue weighted by molar-refractivity contribution is 6.32. The van der Waals surface area contributed by atoms with Crippen molar-refractivity contribution in [2.75, 3.05) is 0 Å². The van der Waals surface area contributed by atoms with E-state index in [0.717, 1.165) is 16.8 Å². The van der Waals surface area contributed by atoms with Crippen LogP contribution in [-0.2, 0) is 13.2 Å². The molecule has 0 saturated carbocycles. The van der Waals surface area contributed by atoms with Gasteiger partial charge in [-0.3, -0.25) is 14.3 Å². The number of carbonyl (C=O) groups is 1. The Labute approximate surface area is 115 Å². The molecule has 0 aliphatic heterocycles. The van der Waals surface area contributed by atoms with E-state index < -0.39 is 28.1 Å². The molecule has 2 rings (SSSR count). The van der Waals surface area contributed by atoms with Gasteiger partial charge in [0.25, 0.3) is 5.56 Å². The van der Waals surface area contributed by atoms with Crippen LogP contribution in [0.15, 0.2) is 29.2 Å². The number of nitrogens with one attached hydrogen (secondary N) is 1. The molecule has 8 heteroatoms. The zero-order chi connectivity index (χ0) is 15.1. The third kappa shape index (κ3) is 2.49. The number of rotatable bonds is 2. The van der Waals surface area contributed by atoms with Gasteiger partial charge in [0.1, 0.15) is 5.56 Å². The molecule has 0 radical (unpaired) electrons. The highest BCUT2D eigenvalue weighted by Gasteiger charge is 2.33. The molecule has 0 aliphatic rings. The van der Waals surface area contributed by atoms with Crippen LogP contribution in [0.4, 0.5) is 13.2 Å². The Kier molecular flexibility index (Phi) is 3.47. The first-order valence-electron chi connectivity index (χ1n) is 5.37. The molecule has 1 heterocycles. The molecule has 20 heavy (non-hydrogen) atoms. The zero-order valence-corrected chi connectivity index (χ0v) is 10.8. The number of aromatic amines is 1. The van der Waals surface area contributed by atoms with E-state index in [2.05, 4.69) is 5.10 Å². The third-order valence-electron chi connectivity index (χ3n) is 2.72. The Hall–Kier alpha value is -2.02. The second-order valence-corrected chi connectivity index (χ2v) is 4.48. The quantitative estimate of drug-likeness (QED) is 0.867.